The van der Waals surface area contributed by atoms with Crippen LogP contribution in [0.1, 0.15) is 20.7 Å². The summed E-state index contributed by atoms with van der Waals surface area (Å²) in [7, 11) is 2.91. The fourth-order valence-corrected chi connectivity index (χ4v) is 2.70. The van der Waals surface area contributed by atoms with Gasteiger partial charge in [-0.15, -0.1) is 0 Å². The molecule has 0 N–H and O–H groups in total. The number of hydrogen-bond acceptors (Lipinski definition) is 6. The first-order valence-electron chi connectivity index (χ1n) is 7.44. The molecule has 0 amide bonds. The van der Waals surface area contributed by atoms with Crippen LogP contribution in [0.25, 0.3) is 0 Å². The Bertz CT molecular complexity index is 787. The van der Waals surface area contributed by atoms with Crippen LogP contribution in [-0.2, 0) is 4.74 Å². The molecule has 0 aliphatic carbocycles. The van der Waals surface area contributed by atoms with E-state index in [1.54, 1.807) is 43.5 Å². The summed E-state index contributed by atoms with van der Waals surface area (Å²) in [6, 6.07) is 10.3. The Morgan fingerprint density at radius 3 is 2.71 bits per heavy atom. The van der Waals surface area contributed by atoms with Gasteiger partial charge in [0.15, 0.2) is 6.29 Å². The number of benzene rings is 2. The van der Waals surface area contributed by atoms with Crippen LogP contribution in [0.5, 0.6) is 11.5 Å². The lowest BCUT2D eigenvalue weighted by Gasteiger charge is -2.32. The van der Waals surface area contributed by atoms with E-state index in [1.165, 1.54) is 7.11 Å². The van der Waals surface area contributed by atoms with E-state index < -0.39 is 5.97 Å². The summed E-state index contributed by atoms with van der Waals surface area (Å²) in [5.74, 6) is 0.867. The Hall–Kier alpha value is -3.02. The second-order valence-electron chi connectivity index (χ2n) is 5.22. The van der Waals surface area contributed by atoms with E-state index in [-0.39, 0.29) is 0 Å². The normalized spacial score (nSPS) is 12.8. The summed E-state index contributed by atoms with van der Waals surface area (Å²) < 4.78 is 15.7. The van der Waals surface area contributed by atoms with Gasteiger partial charge in [0, 0.05) is 11.6 Å². The summed E-state index contributed by atoms with van der Waals surface area (Å²) >= 11 is 0. The van der Waals surface area contributed by atoms with Crippen molar-refractivity contribution in [3.63, 3.8) is 0 Å². The number of methoxy groups -OCH3 is 2. The molecular formula is C18H17NO5. The van der Waals surface area contributed by atoms with Crippen LogP contribution < -0.4 is 14.4 Å². The molecule has 124 valence electrons. The number of rotatable bonds is 4. The van der Waals surface area contributed by atoms with Gasteiger partial charge < -0.3 is 19.1 Å². The predicted octanol–water partition coefficient (Wildman–Crippen LogP) is 2.82. The van der Waals surface area contributed by atoms with Gasteiger partial charge in [-0.05, 0) is 30.3 Å². The van der Waals surface area contributed by atoms with Crippen molar-refractivity contribution in [1.29, 1.82) is 0 Å². The van der Waals surface area contributed by atoms with Crippen LogP contribution in [-0.4, -0.2) is 39.6 Å². The average molecular weight is 327 g/mol. The van der Waals surface area contributed by atoms with Crippen molar-refractivity contribution < 1.29 is 23.8 Å². The van der Waals surface area contributed by atoms with Gasteiger partial charge >= 0.3 is 5.97 Å². The molecule has 0 atom stereocenters. The highest BCUT2D eigenvalue weighted by Crippen LogP contribution is 2.39. The summed E-state index contributed by atoms with van der Waals surface area (Å²) in [4.78, 5) is 25.2. The van der Waals surface area contributed by atoms with Crippen LogP contribution in [0.15, 0.2) is 36.4 Å². The van der Waals surface area contributed by atoms with Gasteiger partial charge in [-0.1, -0.05) is 0 Å². The third kappa shape index (κ3) is 2.78. The zero-order chi connectivity index (χ0) is 17.1. The third-order valence-electron chi connectivity index (χ3n) is 3.90. The number of fused-ring (bicyclic) bond motifs is 1. The van der Waals surface area contributed by atoms with Crippen molar-refractivity contribution in [2.45, 2.75) is 0 Å². The highest BCUT2D eigenvalue weighted by molar-refractivity contribution is 5.93. The molecule has 1 heterocycles. The molecule has 2 aromatic rings. The molecule has 3 rings (SSSR count). The standard InChI is InChI=1S/C18H17NO5/c1-22-14-5-3-13(11-20)15(10-14)19-7-8-24-17-6-4-12(9-16(17)19)18(21)23-2/h3-6,9-11H,7-8H2,1-2H3. The first-order valence-corrected chi connectivity index (χ1v) is 7.44. The van der Waals surface area contributed by atoms with E-state index >= 15 is 0 Å². The second-order valence-corrected chi connectivity index (χ2v) is 5.22. The van der Waals surface area contributed by atoms with E-state index in [4.69, 9.17) is 14.2 Å². The lowest BCUT2D eigenvalue weighted by atomic mass is 10.1. The first kappa shape index (κ1) is 15.9. The fraction of sp³-hybridized carbons (Fsp3) is 0.222. The van der Waals surface area contributed by atoms with Crippen molar-refractivity contribution in [2.24, 2.45) is 0 Å². The van der Waals surface area contributed by atoms with Gasteiger partial charge in [-0.2, -0.15) is 0 Å². The van der Waals surface area contributed by atoms with E-state index in [2.05, 4.69) is 0 Å². The molecule has 1 aliphatic heterocycles. The monoisotopic (exact) mass is 327 g/mol. The molecule has 2 aromatic carbocycles. The van der Waals surface area contributed by atoms with Crippen molar-refractivity contribution in [3.8, 4) is 11.5 Å². The smallest absolute Gasteiger partial charge is 0.337 e. The predicted molar refractivity (Wildman–Crippen MR) is 88.7 cm³/mol. The second kappa shape index (κ2) is 6.62. The number of hydrogen-bond donors (Lipinski definition) is 0. The Morgan fingerprint density at radius 2 is 2.00 bits per heavy atom. The maximum Gasteiger partial charge on any atom is 0.337 e. The number of aldehydes is 1. The van der Waals surface area contributed by atoms with E-state index in [9.17, 15) is 9.59 Å². The molecule has 0 bridgehead atoms. The summed E-state index contributed by atoms with van der Waals surface area (Å²) in [5, 5.41) is 0. The highest BCUT2D eigenvalue weighted by Gasteiger charge is 2.23. The first-order chi connectivity index (χ1) is 11.7. The molecule has 0 aromatic heterocycles. The van der Waals surface area contributed by atoms with Gasteiger partial charge in [-0.25, -0.2) is 4.79 Å². The van der Waals surface area contributed by atoms with Crippen LogP contribution in [0.3, 0.4) is 0 Å². The van der Waals surface area contributed by atoms with Gasteiger partial charge in [0.2, 0.25) is 0 Å². The molecule has 0 saturated carbocycles. The maximum absolute atomic E-state index is 11.8. The van der Waals surface area contributed by atoms with Gasteiger partial charge in [0.1, 0.15) is 18.1 Å². The zero-order valence-electron chi connectivity index (χ0n) is 13.4. The summed E-state index contributed by atoms with van der Waals surface area (Å²) in [5.41, 5.74) is 2.37. The van der Waals surface area contributed by atoms with Crippen molar-refractivity contribution >= 4 is 23.6 Å². The van der Waals surface area contributed by atoms with Gasteiger partial charge in [0.25, 0.3) is 0 Å². The van der Waals surface area contributed by atoms with Crippen LogP contribution >= 0.6 is 0 Å². The highest BCUT2D eigenvalue weighted by atomic mass is 16.5. The Kier molecular flexibility index (Phi) is 4.37. The summed E-state index contributed by atoms with van der Waals surface area (Å²) in [6.45, 7) is 1.02. The topological polar surface area (TPSA) is 65.1 Å². The van der Waals surface area contributed by atoms with Crippen LogP contribution in [0.2, 0.25) is 0 Å². The minimum atomic E-state index is -0.426. The Balaban J connectivity index is 2.12. The molecule has 24 heavy (non-hydrogen) atoms. The van der Waals surface area contributed by atoms with Gasteiger partial charge in [-0.3, -0.25) is 4.79 Å². The number of nitrogens with zero attached hydrogens (tertiary/aromatic N) is 1. The number of ether oxygens (including phenoxy) is 3. The summed E-state index contributed by atoms with van der Waals surface area (Å²) in [6.07, 6.45) is 0.800. The fourth-order valence-electron chi connectivity index (χ4n) is 2.70. The minimum Gasteiger partial charge on any atom is -0.497 e. The molecule has 0 spiro atoms. The molecular weight excluding hydrogens is 310 g/mol. The molecule has 0 radical (unpaired) electrons. The van der Waals surface area contributed by atoms with Gasteiger partial charge in [0.05, 0.1) is 37.7 Å². The quantitative estimate of drug-likeness (QED) is 0.635. The number of esters is 1. The third-order valence-corrected chi connectivity index (χ3v) is 3.90. The van der Waals surface area contributed by atoms with Crippen molar-refractivity contribution in [3.05, 3.63) is 47.5 Å². The van der Waals surface area contributed by atoms with E-state index in [0.29, 0.717) is 47.2 Å². The van der Waals surface area contributed by atoms with E-state index in [0.717, 1.165) is 6.29 Å². The Morgan fingerprint density at radius 1 is 1.17 bits per heavy atom. The number of carbonyl (C=O) groups excluding carboxylic acids is 2. The lowest BCUT2D eigenvalue weighted by Crippen LogP contribution is -2.29. The molecule has 0 unspecified atom stereocenters. The van der Waals surface area contributed by atoms with Crippen LogP contribution in [0.4, 0.5) is 11.4 Å². The lowest BCUT2D eigenvalue weighted by molar-refractivity contribution is 0.0600. The van der Waals surface area contributed by atoms with Crippen molar-refractivity contribution in [2.75, 3.05) is 32.3 Å². The SMILES string of the molecule is COC(=O)c1ccc2c(c1)N(c1cc(OC)ccc1C=O)CCO2. The molecule has 6 heteroatoms. The zero-order valence-corrected chi connectivity index (χ0v) is 13.4. The maximum atomic E-state index is 11.8. The average Bonchev–Trinajstić information content (AvgIpc) is 2.65. The van der Waals surface area contributed by atoms with E-state index in [1.807, 2.05) is 4.90 Å². The molecule has 0 fully saturated rings. The number of anilines is 2. The Labute approximate surface area is 139 Å². The largest absolute Gasteiger partial charge is 0.497 e. The molecule has 1 aliphatic rings. The van der Waals surface area contributed by atoms with Crippen molar-refractivity contribution in [1.82, 2.24) is 0 Å². The van der Waals surface area contributed by atoms with Crippen LogP contribution in [0, 0.1) is 0 Å². The molecule has 0 saturated heterocycles. The minimum absolute atomic E-state index is 0.419. The molecule has 6 nitrogen and oxygen atoms in total. The number of carbonyl (C=O) groups is 2.